The van der Waals surface area contributed by atoms with Gasteiger partial charge in [-0.2, -0.15) is 0 Å². The number of pyridine rings is 1. The van der Waals surface area contributed by atoms with Crippen molar-refractivity contribution in [2.75, 3.05) is 11.4 Å². The quantitative estimate of drug-likeness (QED) is 0.604. The molecule has 0 saturated carbocycles. The highest BCUT2D eigenvalue weighted by molar-refractivity contribution is 5.95. The molecule has 0 unspecified atom stereocenters. The van der Waals surface area contributed by atoms with E-state index in [1.54, 1.807) is 0 Å². The number of nitrogens with zero attached hydrogens (tertiary/aromatic N) is 5. The number of aromatic nitrogens is 3. The Morgan fingerprint density at radius 2 is 1.81 bits per heavy atom. The van der Waals surface area contributed by atoms with Gasteiger partial charge in [0.25, 0.3) is 0 Å². The third-order valence-electron chi connectivity index (χ3n) is 6.56. The second-order valence-electron chi connectivity index (χ2n) is 8.78. The molecule has 1 amide bonds. The Hall–Kier alpha value is -3.12. The Morgan fingerprint density at radius 3 is 2.62 bits per heavy atom. The fourth-order valence-electron chi connectivity index (χ4n) is 4.88. The lowest BCUT2D eigenvalue weighted by Crippen LogP contribution is -2.38. The minimum Gasteiger partial charge on any atom is -0.292 e. The number of carbonyl (C=O) groups excluding carboxylic acids is 1. The minimum absolute atomic E-state index is 0.140. The Labute approximate surface area is 189 Å². The second-order valence-corrected chi connectivity index (χ2v) is 8.78. The first-order valence-corrected chi connectivity index (χ1v) is 11.5. The molecule has 164 valence electrons. The first kappa shape index (κ1) is 20.8. The second kappa shape index (κ2) is 9.17. The Kier molecular flexibility index (Phi) is 5.95. The van der Waals surface area contributed by atoms with Gasteiger partial charge in [-0.25, -0.2) is 9.97 Å². The van der Waals surface area contributed by atoms with E-state index in [9.17, 15) is 4.79 Å². The van der Waals surface area contributed by atoms with E-state index in [1.165, 1.54) is 18.4 Å². The van der Waals surface area contributed by atoms with Crippen LogP contribution in [0.3, 0.4) is 0 Å². The van der Waals surface area contributed by atoms with E-state index in [0.717, 1.165) is 54.4 Å². The van der Waals surface area contributed by atoms with Crippen molar-refractivity contribution in [2.24, 2.45) is 0 Å². The highest BCUT2D eigenvalue weighted by Gasteiger charge is 2.32. The molecule has 0 radical (unpaired) electrons. The molecule has 5 rings (SSSR count). The van der Waals surface area contributed by atoms with Crippen molar-refractivity contribution in [3.05, 3.63) is 83.1 Å². The Balaban J connectivity index is 1.48. The van der Waals surface area contributed by atoms with Gasteiger partial charge in [0.1, 0.15) is 11.6 Å². The summed E-state index contributed by atoms with van der Waals surface area (Å²) < 4.78 is 0. The van der Waals surface area contributed by atoms with Crippen LogP contribution in [0.15, 0.2) is 54.9 Å². The fraction of sp³-hybridized carbons (Fsp3) is 0.385. The lowest BCUT2D eigenvalue weighted by molar-refractivity contribution is -0.119. The molecule has 6 heteroatoms. The Bertz CT molecular complexity index is 1090. The van der Waals surface area contributed by atoms with Crippen molar-refractivity contribution in [3.63, 3.8) is 0 Å². The molecule has 0 spiro atoms. The van der Waals surface area contributed by atoms with Gasteiger partial charge in [0, 0.05) is 36.6 Å². The van der Waals surface area contributed by atoms with Gasteiger partial charge in [0.2, 0.25) is 5.91 Å². The number of likely N-dealkylation sites (tertiary alicyclic amines) is 1. The number of anilines is 1. The van der Waals surface area contributed by atoms with Crippen LogP contribution in [0.2, 0.25) is 0 Å². The van der Waals surface area contributed by atoms with Crippen molar-refractivity contribution in [1.82, 2.24) is 19.9 Å². The molecule has 0 N–H and O–H groups in total. The van der Waals surface area contributed by atoms with Crippen LogP contribution < -0.4 is 4.90 Å². The summed E-state index contributed by atoms with van der Waals surface area (Å²) in [4.78, 5) is 31.5. The van der Waals surface area contributed by atoms with Gasteiger partial charge < -0.3 is 0 Å². The first-order valence-electron chi connectivity index (χ1n) is 11.5. The van der Waals surface area contributed by atoms with E-state index in [2.05, 4.69) is 35.0 Å². The van der Waals surface area contributed by atoms with Gasteiger partial charge in [-0.15, -0.1) is 0 Å². The van der Waals surface area contributed by atoms with Crippen molar-refractivity contribution < 1.29 is 4.79 Å². The van der Waals surface area contributed by atoms with E-state index >= 15 is 0 Å². The summed E-state index contributed by atoms with van der Waals surface area (Å²) in [5.74, 6) is 1.79. The minimum atomic E-state index is 0.140. The first-order chi connectivity index (χ1) is 15.7. The van der Waals surface area contributed by atoms with E-state index < -0.39 is 0 Å². The molecule has 6 nitrogen and oxygen atoms in total. The third kappa shape index (κ3) is 4.28. The summed E-state index contributed by atoms with van der Waals surface area (Å²) in [5, 5.41) is 0. The van der Waals surface area contributed by atoms with Crippen LogP contribution in [0.25, 0.3) is 0 Å². The van der Waals surface area contributed by atoms with E-state index in [1.807, 2.05) is 41.6 Å². The number of hydrogen-bond acceptors (Lipinski definition) is 5. The number of hydrogen-bond donors (Lipinski definition) is 0. The summed E-state index contributed by atoms with van der Waals surface area (Å²) in [7, 11) is 0. The highest BCUT2D eigenvalue weighted by atomic mass is 16.2. The molecule has 2 aliphatic heterocycles. The molecule has 1 aromatic carbocycles. The molecule has 1 saturated heterocycles. The average molecular weight is 428 g/mol. The average Bonchev–Trinajstić information content (AvgIpc) is 2.82. The smallest absolute Gasteiger partial charge is 0.228 e. The van der Waals surface area contributed by atoms with Crippen LogP contribution in [0.5, 0.6) is 0 Å². The monoisotopic (exact) mass is 427 g/mol. The van der Waals surface area contributed by atoms with Crippen LogP contribution in [0.4, 0.5) is 5.82 Å². The predicted octanol–water partition coefficient (Wildman–Crippen LogP) is 4.39. The zero-order valence-corrected chi connectivity index (χ0v) is 18.6. The predicted molar refractivity (Wildman–Crippen MR) is 124 cm³/mol. The van der Waals surface area contributed by atoms with Gasteiger partial charge in [-0.05, 0) is 49.9 Å². The normalized spacial score (nSPS) is 19.1. The summed E-state index contributed by atoms with van der Waals surface area (Å²) in [6, 6.07) is 14.4. The third-order valence-corrected chi connectivity index (χ3v) is 6.56. The standard InChI is InChI=1S/C26H29N5O/c1-19-22-12-13-24(32)31(18-20-8-3-2-4-9-20)26(22)29-25(28-19)23-11-5-6-15-30(23)17-21-10-7-14-27-16-21/h2-4,7-10,14,16,23H,5-6,11-13,15,17-18H2,1H3/t23-/m1/s1. The zero-order chi connectivity index (χ0) is 21.9. The van der Waals surface area contributed by atoms with Crippen molar-refractivity contribution in [1.29, 1.82) is 0 Å². The number of amides is 1. The number of rotatable bonds is 5. The van der Waals surface area contributed by atoms with E-state index in [0.29, 0.717) is 13.0 Å². The van der Waals surface area contributed by atoms with Gasteiger partial charge in [0.15, 0.2) is 0 Å². The molecule has 2 aliphatic rings. The van der Waals surface area contributed by atoms with Crippen molar-refractivity contribution in [3.8, 4) is 0 Å². The number of fused-ring (bicyclic) bond motifs is 1. The summed E-state index contributed by atoms with van der Waals surface area (Å²) >= 11 is 0. The highest BCUT2D eigenvalue weighted by Crippen LogP contribution is 2.35. The summed E-state index contributed by atoms with van der Waals surface area (Å²) in [5.41, 5.74) is 4.43. The van der Waals surface area contributed by atoms with Crippen molar-refractivity contribution in [2.45, 2.75) is 58.2 Å². The molecule has 32 heavy (non-hydrogen) atoms. The maximum absolute atomic E-state index is 12.9. The van der Waals surface area contributed by atoms with Crippen LogP contribution in [-0.4, -0.2) is 32.3 Å². The number of benzene rings is 1. The molecule has 0 bridgehead atoms. The van der Waals surface area contributed by atoms with Gasteiger partial charge in [0.05, 0.1) is 12.6 Å². The molecule has 1 atom stereocenters. The maximum atomic E-state index is 12.9. The fourth-order valence-corrected chi connectivity index (χ4v) is 4.88. The summed E-state index contributed by atoms with van der Waals surface area (Å²) in [6.45, 7) is 4.47. The lowest BCUT2D eigenvalue weighted by Gasteiger charge is -2.36. The molecule has 4 heterocycles. The summed E-state index contributed by atoms with van der Waals surface area (Å²) in [6.07, 6.45) is 8.36. The SMILES string of the molecule is Cc1nc([C@H]2CCCCN2Cc2cccnc2)nc2c1CCC(=O)N2Cc1ccccc1. The maximum Gasteiger partial charge on any atom is 0.228 e. The molecule has 1 fully saturated rings. The van der Waals surface area contributed by atoms with Crippen LogP contribution in [-0.2, 0) is 24.3 Å². The van der Waals surface area contributed by atoms with Crippen molar-refractivity contribution >= 4 is 11.7 Å². The van der Waals surface area contributed by atoms with Crippen LogP contribution in [0.1, 0.15) is 59.9 Å². The van der Waals surface area contributed by atoms with Gasteiger partial charge >= 0.3 is 0 Å². The number of aryl methyl sites for hydroxylation is 1. The zero-order valence-electron chi connectivity index (χ0n) is 18.6. The molecule has 2 aromatic heterocycles. The van der Waals surface area contributed by atoms with Crippen LogP contribution in [0, 0.1) is 6.92 Å². The van der Waals surface area contributed by atoms with E-state index in [4.69, 9.17) is 9.97 Å². The number of carbonyl (C=O) groups is 1. The van der Waals surface area contributed by atoms with Crippen LogP contribution >= 0.6 is 0 Å². The number of piperidine rings is 1. The van der Waals surface area contributed by atoms with Gasteiger partial charge in [-0.3, -0.25) is 19.6 Å². The largest absolute Gasteiger partial charge is 0.292 e. The molecular formula is C26H29N5O. The van der Waals surface area contributed by atoms with Gasteiger partial charge in [-0.1, -0.05) is 42.8 Å². The molecule has 3 aromatic rings. The lowest BCUT2D eigenvalue weighted by atomic mass is 9.98. The van der Waals surface area contributed by atoms with E-state index in [-0.39, 0.29) is 11.9 Å². The topological polar surface area (TPSA) is 62.2 Å². The Morgan fingerprint density at radius 1 is 0.969 bits per heavy atom. The molecular weight excluding hydrogens is 398 g/mol. The molecule has 0 aliphatic carbocycles.